The molecule has 84 valence electrons. The Balaban J connectivity index is 2.31. The van der Waals surface area contributed by atoms with Crippen LogP contribution in [0.15, 0.2) is 35.7 Å². The van der Waals surface area contributed by atoms with Crippen LogP contribution in [0, 0.1) is 0 Å². The Bertz CT molecular complexity index is 478. The molecule has 0 saturated carbocycles. The maximum atomic E-state index is 5.98. The van der Waals surface area contributed by atoms with Crippen LogP contribution in [0.2, 0.25) is 5.02 Å². The van der Waals surface area contributed by atoms with Crippen molar-refractivity contribution in [3.05, 3.63) is 46.3 Å². The van der Waals surface area contributed by atoms with Gasteiger partial charge in [-0.05, 0) is 47.2 Å². The summed E-state index contributed by atoms with van der Waals surface area (Å²) in [6.45, 7) is 2.83. The summed E-state index contributed by atoms with van der Waals surface area (Å²) in [6, 6.07) is 10.1. The summed E-state index contributed by atoms with van der Waals surface area (Å²) in [4.78, 5) is 1.25. The molecule has 2 rings (SSSR count). The fourth-order valence-corrected chi connectivity index (χ4v) is 2.76. The highest BCUT2D eigenvalue weighted by molar-refractivity contribution is 7.13. The molecule has 1 unspecified atom stereocenters. The van der Waals surface area contributed by atoms with Gasteiger partial charge in [-0.25, -0.2) is 0 Å². The zero-order valence-electron chi connectivity index (χ0n) is 9.11. The van der Waals surface area contributed by atoms with Gasteiger partial charge in [-0.2, -0.15) is 0 Å². The van der Waals surface area contributed by atoms with E-state index in [4.69, 9.17) is 17.3 Å². The minimum Gasteiger partial charge on any atom is -0.330 e. The molecule has 0 aliphatic heterocycles. The molecule has 2 N–H and O–H groups in total. The third kappa shape index (κ3) is 2.46. The van der Waals surface area contributed by atoms with Crippen molar-refractivity contribution >= 4 is 22.9 Å². The van der Waals surface area contributed by atoms with E-state index in [1.54, 1.807) is 11.3 Å². The highest BCUT2D eigenvalue weighted by Gasteiger charge is 2.07. The molecular formula is C13H14ClNS. The van der Waals surface area contributed by atoms with Crippen LogP contribution in [0.25, 0.3) is 10.4 Å². The molecule has 0 aliphatic rings. The summed E-state index contributed by atoms with van der Waals surface area (Å²) in [5, 5.41) is 2.95. The van der Waals surface area contributed by atoms with Gasteiger partial charge in [-0.3, -0.25) is 0 Å². The third-order valence-corrected chi connectivity index (χ3v) is 3.88. The van der Waals surface area contributed by atoms with Crippen LogP contribution in [0.5, 0.6) is 0 Å². The van der Waals surface area contributed by atoms with Gasteiger partial charge >= 0.3 is 0 Å². The minimum absolute atomic E-state index is 0.421. The quantitative estimate of drug-likeness (QED) is 0.872. The molecular weight excluding hydrogens is 238 g/mol. The number of rotatable bonds is 3. The van der Waals surface area contributed by atoms with Crippen LogP contribution in [0.4, 0.5) is 0 Å². The molecule has 0 spiro atoms. The highest BCUT2D eigenvalue weighted by atomic mass is 35.5. The number of halogens is 1. The van der Waals surface area contributed by atoms with Gasteiger partial charge in [0.05, 0.1) is 0 Å². The van der Waals surface area contributed by atoms with Gasteiger partial charge in [0.2, 0.25) is 0 Å². The number of benzene rings is 1. The summed E-state index contributed by atoms with van der Waals surface area (Å²) >= 11 is 7.72. The van der Waals surface area contributed by atoms with Gasteiger partial charge in [0, 0.05) is 9.90 Å². The van der Waals surface area contributed by atoms with Crippen molar-refractivity contribution in [1.29, 1.82) is 0 Å². The molecule has 16 heavy (non-hydrogen) atoms. The summed E-state index contributed by atoms with van der Waals surface area (Å²) in [6.07, 6.45) is 0. The number of thiophene rings is 1. The van der Waals surface area contributed by atoms with Crippen molar-refractivity contribution in [1.82, 2.24) is 0 Å². The first kappa shape index (κ1) is 11.6. The fourth-order valence-electron chi connectivity index (χ4n) is 1.54. The molecule has 0 radical (unpaired) electrons. The van der Waals surface area contributed by atoms with Crippen molar-refractivity contribution in [2.45, 2.75) is 12.8 Å². The number of hydrogen-bond donors (Lipinski definition) is 1. The first-order valence-electron chi connectivity index (χ1n) is 5.25. The lowest BCUT2D eigenvalue weighted by Gasteiger charge is -2.03. The van der Waals surface area contributed by atoms with Crippen LogP contribution >= 0.6 is 22.9 Å². The topological polar surface area (TPSA) is 26.0 Å². The Morgan fingerprint density at radius 3 is 2.88 bits per heavy atom. The van der Waals surface area contributed by atoms with Gasteiger partial charge in [0.25, 0.3) is 0 Å². The lowest BCUT2D eigenvalue weighted by Crippen LogP contribution is -2.07. The van der Waals surface area contributed by atoms with Gasteiger partial charge in [0.15, 0.2) is 0 Å². The predicted molar refractivity (Wildman–Crippen MR) is 72.2 cm³/mol. The molecule has 2 aromatic rings. The maximum absolute atomic E-state index is 5.98. The third-order valence-electron chi connectivity index (χ3n) is 2.65. The number of nitrogens with two attached hydrogens (primary N) is 1. The lowest BCUT2D eigenvalue weighted by atomic mass is 10.0. The molecule has 0 fully saturated rings. The molecule has 0 saturated heterocycles. The van der Waals surface area contributed by atoms with E-state index in [9.17, 15) is 0 Å². The maximum Gasteiger partial charge on any atom is 0.0412 e. The molecule has 1 aromatic carbocycles. The van der Waals surface area contributed by atoms with Crippen molar-refractivity contribution in [3.63, 3.8) is 0 Å². The van der Waals surface area contributed by atoms with Crippen molar-refractivity contribution in [2.75, 3.05) is 6.54 Å². The first-order valence-corrected chi connectivity index (χ1v) is 6.51. The first-order chi connectivity index (χ1) is 7.70. The lowest BCUT2D eigenvalue weighted by molar-refractivity contribution is 0.778. The van der Waals surface area contributed by atoms with E-state index in [-0.39, 0.29) is 0 Å². The average Bonchev–Trinajstić information content (AvgIpc) is 2.77. The van der Waals surface area contributed by atoms with E-state index in [1.165, 1.54) is 16.0 Å². The second-order valence-corrected chi connectivity index (χ2v) is 5.24. The summed E-state index contributed by atoms with van der Waals surface area (Å²) < 4.78 is 0. The monoisotopic (exact) mass is 251 g/mol. The van der Waals surface area contributed by atoms with Crippen molar-refractivity contribution in [3.8, 4) is 10.4 Å². The second-order valence-electron chi connectivity index (χ2n) is 3.89. The van der Waals surface area contributed by atoms with Gasteiger partial charge in [-0.15, -0.1) is 11.3 Å². The van der Waals surface area contributed by atoms with Crippen molar-refractivity contribution < 1.29 is 0 Å². The molecule has 0 amide bonds. The van der Waals surface area contributed by atoms with Crippen LogP contribution in [0.1, 0.15) is 18.4 Å². The van der Waals surface area contributed by atoms with Crippen LogP contribution in [-0.2, 0) is 0 Å². The van der Waals surface area contributed by atoms with Gasteiger partial charge in [0.1, 0.15) is 0 Å². The Hall–Kier alpha value is -0.830. The van der Waals surface area contributed by atoms with E-state index in [0.29, 0.717) is 12.5 Å². The largest absolute Gasteiger partial charge is 0.330 e. The Labute approximate surface area is 105 Å². The molecule has 1 heterocycles. The smallest absolute Gasteiger partial charge is 0.0412 e. The second kappa shape index (κ2) is 5.00. The zero-order chi connectivity index (χ0) is 11.5. The van der Waals surface area contributed by atoms with E-state index in [2.05, 4.69) is 24.4 Å². The van der Waals surface area contributed by atoms with E-state index < -0.39 is 0 Å². The van der Waals surface area contributed by atoms with Gasteiger partial charge in [-0.1, -0.05) is 30.7 Å². The van der Waals surface area contributed by atoms with Crippen LogP contribution in [0.3, 0.4) is 0 Å². The summed E-state index contributed by atoms with van der Waals surface area (Å²) in [5.74, 6) is 0.421. The van der Waals surface area contributed by atoms with E-state index >= 15 is 0 Å². The van der Waals surface area contributed by atoms with Crippen molar-refractivity contribution in [2.24, 2.45) is 5.73 Å². The molecule has 0 aliphatic carbocycles. The SMILES string of the molecule is CC(CN)c1csc(-c2cccc(Cl)c2)c1. The van der Waals surface area contributed by atoms with Gasteiger partial charge < -0.3 is 5.73 Å². The predicted octanol–water partition coefficient (Wildman–Crippen LogP) is 4.13. The normalized spacial score (nSPS) is 12.7. The summed E-state index contributed by atoms with van der Waals surface area (Å²) in [7, 11) is 0. The molecule has 3 heteroatoms. The zero-order valence-corrected chi connectivity index (χ0v) is 10.7. The minimum atomic E-state index is 0.421. The van der Waals surface area contributed by atoms with E-state index in [1.807, 2.05) is 18.2 Å². The average molecular weight is 252 g/mol. The Morgan fingerprint density at radius 2 is 2.19 bits per heavy atom. The fraction of sp³-hybridized carbons (Fsp3) is 0.231. The molecule has 1 nitrogen and oxygen atoms in total. The highest BCUT2D eigenvalue weighted by Crippen LogP contribution is 2.31. The molecule has 1 aromatic heterocycles. The molecule has 0 bridgehead atoms. The number of hydrogen-bond acceptors (Lipinski definition) is 2. The summed E-state index contributed by atoms with van der Waals surface area (Å²) in [5.41, 5.74) is 8.14. The van der Waals surface area contributed by atoms with E-state index in [0.717, 1.165) is 5.02 Å². The standard InChI is InChI=1S/C13H14ClNS/c1-9(7-15)11-6-13(16-8-11)10-3-2-4-12(14)5-10/h2-6,8-9H,7,15H2,1H3. The van der Waals surface area contributed by atoms with Crippen LogP contribution < -0.4 is 5.73 Å². The Morgan fingerprint density at radius 1 is 1.38 bits per heavy atom. The Kier molecular flexibility index (Phi) is 3.64. The molecule has 1 atom stereocenters. The van der Waals surface area contributed by atoms with Crippen LogP contribution in [-0.4, -0.2) is 6.54 Å².